The minimum Gasteiger partial charge on any atom is -0.477 e. The van der Waals surface area contributed by atoms with E-state index < -0.39 is 16.6 Å². The SMILES string of the molecule is N=C(Cc1ccccc1[N+](=O)[O-])C(=O)O. The molecule has 0 aliphatic heterocycles. The fourth-order valence-electron chi connectivity index (χ4n) is 1.10. The predicted molar refractivity (Wildman–Crippen MR) is 52.2 cm³/mol. The highest BCUT2D eigenvalue weighted by Gasteiger charge is 2.16. The molecule has 0 unspecified atom stereocenters. The molecule has 1 rings (SSSR count). The molecule has 0 bridgehead atoms. The third-order valence-corrected chi connectivity index (χ3v) is 1.81. The predicted octanol–water partition coefficient (Wildman–Crippen LogP) is 1.24. The molecule has 0 aliphatic carbocycles. The van der Waals surface area contributed by atoms with E-state index in [0.717, 1.165) is 0 Å². The van der Waals surface area contributed by atoms with Gasteiger partial charge in [-0.25, -0.2) is 4.79 Å². The van der Waals surface area contributed by atoms with Crippen molar-refractivity contribution in [2.24, 2.45) is 0 Å². The quantitative estimate of drug-likeness (QED) is 0.441. The van der Waals surface area contributed by atoms with Crippen molar-refractivity contribution in [3.8, 4) is 0 Å². The molecule has 0 saturated carbocycles. The molecule has 0 fully saturated rings. The maximum Gasteiger partial charge on any atom is 0.349 e. The Kier molecular flexibility index (Phi) is 3.12. The molecule has 0 radical (unpaired) electrons. The lowest BCUT2D eigenvalue weighted by atomic mass is 10.1. The van der Waals surface area contributed by atoms with Crippen LogP contribution < -0.4 is 0 Å². The third kappa shape index (κ3) is 2.60. The molecule has 1 aromatic rings. The zero-order valence-electron chi connectivity index (χ0n) is 7.64. The molecule has 1 aromatic carbocycles. The van der Waals surface area contributed by atoms with Crippen molar-refractivity contribution in [1.29, 1.82) is 5.41 Å². The second-order valence-corrected chi connectivity index (χ2v) is 2.85. The minimum absolute atomic E-state index is 0.163. The maximum absolute atomic E-state index is 10.6. The van der Waals surface area contributed by atoms with Crippen LogP contribution in [0.1, 0.15) is 5.56 Å². The van der Waals surface area contributed by atoms with Crippen LogP contribution in [-0.2, 0) is 11.2 Å². The van der Waals surface area contributed by atoms with Crippen LogP contribution in [-0.4, -0.2) is 21.7 Å². The Hall–Kier alpha value is -2.24. The zero-order valence-corrected chi connectivity index (χ0v) is 7.64. The monoisotopic (exact) mass is 208 g/mol. The van der Waals surface area contributed by atoms with E-state index in [1.807, 2.05) is 0 Å². The molecule has 0 spiro atoms. The average molecular weight is 208 g/mol. The topological polar surface area (TPSA) is 104 Å². The lowest BCUT2D eigenvalue weighted by Gasteiger charge is -2.00. The average Bonchev–Trinajstić information content (AvgIpc) is 2.18. The van der Waals surface area contributed by atoms with Gasteiger partial charge in [-0.2, -0.15) is 0 Å². The van der Waals surface area contributed by atoms with Gasteiger partial charge in [0.05, 0.1) is 4.92 Å². The third-order valence-electron chi connectivity index (χ3n) is 1.81. The van der Waals surface area contributed by atoms with Gasteiger partial charge in [0.25, 0.3) is 5.69 Å². The second kappa shape index (κ2) is 4.32. The minimum atomic E-state index is -1.37. The van der Waals surface area contributed by atoms with Crippen molar-refractivity contribution in [2.45, 2.75) is 6.42 Å². The Balaban J connectivity index is 2.99. The van der Waals surface area contributed by atoms with Crippen LogP contribution in [0.15, 0.2) is 24.3 Å². The Morgan fingerprint density at radius 1 is 1.47 bits per heavy atom. The first-order valence-electron chi connectivity index (χ1n) is 4.05. The number of hydrogen-bond donors (Lipinski definition) is 2. The van der Waals surface area contributed by atoms with Gasteiger partial charge in [-0.15, -0.1) is 0 Å². The number of para-hydroxylation sites is 1. The van der Waals surface area contributed by atoms with Crippen molar-refractivity contribution in [2.75, 3.05) is 0 Å². The lowest BCUT2D eigenvalue weighted by Crippen LogP contribution is -2.14. The summed E-state index contributed by atoms with van der Waals surface area (Å²) in [5, 5.41) is 26.1. The van der Waals surface area contributed by atoms with Crippen LogP contribution in [0.25, 0.3) is 0 Å². The first kappa shape index (κ1) is 10.8. The van der Waals surface area contributed by atoms with Crippen molar-refractivity contribution >= 4 is 17.4 Å². The number of aliphatic carboxylic acids is 1. The van der Waals surface area contributed by atoms with Crippen LogP contribution in [0, 0.1) is 15.5 Å². The second-order valence-electron chi connectivity index (χ2n) is 2.85. The van der Waals surface area contributed by atoms with Crippen LogP contribution in [0.5, 0.6) is 0 Å². The van der Waals surface area contributed by atoms with Crippen molar-refractivity contribution in [3.63, 3.8) is 0 Å². The molecule has 15 heavy (non-hydrogen) atoms. The molecule has 0 heterocycles. The number of hydrogen-bond acceptors (Lipinski definition) is 4. The molecule has 0 aromatic heterocycles. The number of carboxylic acids is 1. The summed E-state index contributed by atoms with van der Waals surface area (Å²) in [6.07, 6.45) is -0.244. The van der Waals surface area contributed by atoms with Crippen molar-refractivity contribution in [1.82, 2.24) is 0 Å². The van der Waals surface area contributed by atoms with Crippen LogP contribution >= 0.6 is 0 Å². The highest BCUT2D eigenvalue weighted by Crippen LogP contribution is 2.18. The maximum atomic E-state index is 10.6. The van der Waals surface area contributed by atoms with Gasteiger partial charge in [0.2, 0.25) is 0 Å². The summed E-state index contributed by atoms with van der Waals surface area (Å²) < 4.78 is 0. The fourth-order valence-corrected chi connectivity index (χ4v) is 1.10. The Morgan fingerprint density at radius 3 is 2.60 bits per heavy atom. The van der Waals surface area contributed by atoms with Gasteiger partial charge in [0.1, 0.15) is 5.71 Å². The Labute approximate surface area is 84.8 Å². The summed E-state index contributed by atoms with van der Waals surface area (Å²) >= 11 is 0. The Morgan fingerprint density at radius 2 is 2.07 bits per heavy atom. The number of nitro benzene ring substituents is 1. The number of carbonyl (C=O) groups is 1. The number of nitrogens with one attached hydrogen (secondary N) is 1. The van der Waals surface area contributed by atoms with E-state index in [1.165, 1.54) is 18.2 Å². The summed E-state index contributed by atoms with van der Waals surface area (Å²) in [5.41, 5.74) is -0.497. The van der Waals surface area contributed by atoms with E-state index in [-0.39, 0.29) is 17.7 Å². The molecule has 0 aliphatic rings. The first-order chi connectivity index (χ1) is 7.02. The molecule has 0 atom stereocenters. The van der Waals surface area contributed by atoms with E-state index in [4.69, 9.17) is 10.5 Å². The normalized spacial score (nSPS) is 9.60. The standard InChI is InChI=1S/C9H8N2O4/c10-7(9(12)13)5-6-3-1-2-4-8(6)11(14)15/h1-4,10H,5H2,(H,12,13). The van der Waals surface area contributed by atoms with Gasteiger partial charge in [-0.3, -0.25) is 15.5 Å². The fraction of sp³-hybridized carbons (Fsp3) is 0.111. The summed E-state index contributed by atoms with van der Waals surface area (Å²) in [6.45, 7) is 0. The van der Waals surface area contributed by atoms with E-state index in [1.54, 1.807) is 6.07 Å². The summed E-state index contributed by atoms with van der Waals surface area (Å²) in [7, 11) is 0. The summed E-state index contributed by atoms with van der Waals surface area (Å²) in [6, 6.07) is 5.78. The van der Waals surface area contributed by atoms with Gasteiger partial charge in [0.15, 0.2) is 0 Å². The van der Waals surface area contributed by atoms with E-state index >= 15 is 0 Å². The number of rotatable bonds is 4. The molecule has 6 heteroatoms. The molecular weight excluding hydrogens is 200 g/mol. The highest BCUT2D eigenvalue weighted by molar-refractivity contribution is 6.34. The van der Waals surface area contributed by atoms with Crippen molar-refractivity contribution in [3.05, 3.63) is 39.9 Å². The zero-order chi connectivity index (χ0) is 11.4. The van der Waals surface area contributed by atoms with Crippen molar-refractivity contribution < 1.29 is 14.8 Å². The highest BCUT2D eigenvalue weighted by atomic mass is 16.6. The van der Waals surface area contributed by atoms with E-state index in [9.17, 15) is 14.9 Å². The van der Waals surface area contributed by atoms with E-state index in [0.29, 0.717) is 0 Å². The van der Waals surface area contributed by atoms with E-state index in [2.05, 4.69) is 0 Å². The summed E-state index contributed by atoms with van der Waals surface area (Å²) in [5.74, 6) is -1.37. The Bertz CT molecular complexity index is 428. The van der Waals surface area contributed by atoms with Gasteiger partial charge in [-0.05, 0) is 0 Å². The first-order valence-corrected chi connectivity index (χ1v) is 4.05. The number of nitrogens with zero attached hydrogens (tertiary/aromatic N) is 1. The molecule has 0 saturated heterocycles. The summed E-state index contributed by atoms with van der Waals surface area (Å²) in [4.78, 5) is 20.4. The van der Waals surface area contributed by atoms with Gasteiger partial charge >= 0.3 is 5.97 Å². The van der Waals surface area contributed by atoms with Crippen LogP contribution in [0.2, 0.25) is 0 Å². The molecular formula is C9H8N2O4. The molecule has 2 N–H and O–H groups in total. The molecule has 78 valence electrons. The smallest absolute Gasteiger partial charge is 0.349 e. The van der Waals surface area contributed by atoms with Crippen LogP contribution in [0.3, 0.4) is 0 Å². The number of benzene rings is 1. The molecule has 0 amide bonds. The number of nitro groups is 1. The van der Waals surface area contributed by atoms with Gasteiger partial charge in [0, 0.05) is 18.1 Å². The molecule has 6 nitrogen and oxygen atoms in total. The van der Waals surface area contributed by atoms with Crippen LogP contribution in [0.4, 0.5) is 5.69 Å². The number of carboxylic acid groups (broad SMARTS) is 1. The van der Waals surface area contributed by atoms with Gasteiger partial charge in [-0.1, -0.05) is 18.2 Å². The van der Waals surface area contributed by atoms with Gasteiger partial charge < -0.3 is 5.11 Å². The lowest BCUT2D eigenvalue weighted by molar-refractivity contribution is -0.385. The largest absolute Gasteiger partial charge is 0.477 e.